The molecule has 0 radical (unpaired) electrons. The van der Waals surface area contributed by atoms with Crippen LogP contribution in [0.2, 0.25) is 20.1 Å². The fourth-order valence-corrected chi connectivity index (χ4v) is 24.6. The van der Waals surface area contributed by atoms with Crippen LogP contribution < -0.4 is 24.9 Å². The summed E-state index contributed by atoms with van der Waals surface area (Å²) in [4.78, 5) is 44.1. The van der Waals surface area contributed by atoms with Crippen molar-refractivity contribution in [2.75, 3.05) is 124 Å². The highest BCUT2D eigenvalue weighted by Gasteiger charge is 2.48. The van der Waals surface area contributed by atoms with E-state index in [-0.39, 0.29) is 18.0 Å². The number of hydrogen-bond acceptors (Lipinski definition) is 19. The van der Waals surface area contributed by atoms with E-state index >= 15 is 0 Å². The molecule has 122 heavy (non-hydrogen) atoms. The van der Waals surface area contributed by atoms with Gasteiger partial charge in [0.15, 0.2) is 0 Å². The number of ether oxygens (including phenoxy) is 3. The summed E-state index contributed by atoms with van der Waals surface area (Å²) in [6, 6.07) is 0. The average Bonchev–Trinajstić information content (AvgIpc) is 1.66. The fraction of sp³-hybridized carbons (Fsp3) is 0.835. The van der Waals surface area contributed by atoms with Crippen LogP contribution >= 0.6 is 46.4 Å². The van der Waals surface area contributed by atoms with Crippen molar-refractivity contribution in [3.8, 4) is 0 Å². The summed E-state index contributed by atoms with van der Waals surface area (Å²) in [5.74, 6) is 19.1. The van der Waals surface area contributed by atoms with Crippen molar-refractivity contribution in [1.29, 1.82) is 0 Å². The maximum atomic E-state index is 12.2. The molecule has 0 aromatic carbocycles. The highest BCUT2D eigenvalue weighted by Crippen LogP contribution is 2.54. The van der Waals surface area contributed by atoms with E-state index in [1.165, 1.54) is 180 Å². The Morgan fingerprint density at radius 1 is 0.369 bits per heavy atom. The molecule has 0 bridgehead atoms. The summed E-state index contributed by atoms with van der Waals surface area (Å²) in [6.45, 7) is 36.9. The first-order valence-corrected chi connectivity index (χ1v) is 52.2. The van der Waals surface area contributed by atoms with Crippen LogP contribution in [-0.2, 0) is 24.2 Å². The van der Waals surface area contributed by atoms with Gasteiger partial charge in [0.25, 0.3) is 0 Å². The third kappa shape index (κ3) is 29.7. The number of aliphatic hydroxyl groups is 1. The highest BCUT2D eigenvalue weighted by atomic mass is 35.5. The minimum atomic E-state index is -3.07. The van der Waals surface area contributed by atoms with Gasteiger partial charge in [-0.2, -0.15) is 0 Å². The van der Waals surface area contributed by atoms with Crippen molar-refractivity contribution in [1.82, 2.24) is 49.5 Å². The zero-order chi connectivity index (χ0) is 86.2. The Hall–Kier alpha value is -3.61. The van der Waals surface area contributed by atoms with Crippen molar-refractivity contribution < 1.29 is 27.7 Å². The van der Waals surface area contributed by atoms with Gasteiger partial charge in [0.2, 0.25) is 33.8 Å². The number of sulfonamides is 1. The summed E-state index contributed by atoms with van der Waals surface area (Å²) < 4.78 is 45.4. The number of nitrogens with one attached hydrogen (secondary N) is 1. The molecule has 25 heteroatoms. The molecule has 6 aliphatic heterocycles. The van der Waals surface area contributed by atoms with Crippen LogP contribution in [0.5, 0.6) is 0 Å². The molecule has 12 aliphatic rings. The van der Waals surface area contributed by atoms with Gasteiger partial charge in [-0.05, 0) is 286 Å². The molecule has 6 saturated heterocycles. The van der Waals surface area contributed by atoms with Gasteiger partial charge in [-0.1, -0.05) is 160 Å². The van der Waals surface area contributed by atoms with E-state index in [2.05, 4.69) is 127 Å². The maximum Gasteiger partial charge on any atom is 0.225 e. The lowest BCUT2D eigenvalue weighted by Crippen LogP contribution is -2.43. The summed E-state index contributed by atoms with van der Waals surface area (Å²) >= 11 is 23.6. The molecule has 0 amide bonds. The zero-order valence-electron chi connectivity index (χ0n) is 76.4. The second kappa shape index (κ2) is 48.9. The molecule has 4 aromatic heterocycles. The number of hydrogen-bond donors (Lipinski definition) is 2. The van der Waals surface area contributed by atoms with Crippen LogP contribution in [0.3, 0.4) is 0 Å². The molecule has 686 valence electrons. The smallest absolute Gasteiger partial charge is 0.225 e. The average molecular weight is 1790 g/mol. The standard InChI is InChI=1S/C25H41ClN4O3S.C24H38ClN3O.C23H37ClN4O.C15H22ClN3.C10H20O/c1-4-34(31,32)30-12-7-20(8-13-30)24(18(2)3)33-14-9-21-15-23(21)19-5-10-29(11-6-19)25-27-16-22(26)17-28-25;1-17(2)23(19-6-4-3-5-7-19)29-13-10-20-14-22(20)18-8-11-28(12-9-18)24-26-15-21(25)16-27-24;1-16(2)22(18-3-8-25-9-4-18)29-12-7-19-13-21(19)17-5-10-28(11-6-17)23-26-14-20(24)15-27-23;1-2-3-12-8-14(12)11-4-6-19(7-5-11)15-17-9-13(16)10-18-15;1-8(2)10(11)9-6-4-3-5-7-9/h16-21,23-24H,4-15H2,1-3H3;15-20,22-23H,3-14H2,1-2H3;14-19,21-22,25H,3-13H2,1-2H3;9-12,14H,2-8H2,1H3;8-11H,3-7H2,1-2H3/t21-,23-,24?;20-,22-,23?;19-,21-,22?;12-,14-;/m1111./s1. The van der Waals surface area contributed by atoms with Crippen molar-refractivity contribution in [3.05, 3.63) is 69.7 Å². The molecule has 6 saturated carbocycles. The number of aliphatic hydroxyl groups excluding tert-OH is 1. The molecule has 4 aromatic rings. The summed E-state index contributed by atoms with van der Waals surface area (Å²) in [7, 11) is -3.07. The largest absolute Gasteiger partial charge is 0.393 e. The zero-order valence-corrected chi connectivity index (χ0v) is 80.3. The molecule has 16 rings (SSSR count). The van der Waals surface area contributed by atoms with Gasteiger partial charge < -0.3 is 44.2 Å². The van der Waals surface area contributed by atoms with E-state index in [1.54, 1.807) is 60.8 Å². The van der Waals surface area contributed by atoms with E-state index in [4.69, 9.17) is 60.6 Å². The Kier molecular flexibility index (Phi) is 39.0. The van der Waals surface area contributed by atoms with Crippen LogP contribution in [0, 0.1) is 118 Å². The molecular weight excluding hydrogens is 1630 g/mol. The lowest BCUT2D eigenvalue weighted by atomic mass is 9.81. The predicted octanol–water partition coefficient (Wildman–Crippen LogP) is 21.2. The van der Waals surface area contributed by atoms with Gasteiger partial charge in [0.05, 0.1) is 99.8 Å². The Bertz CT molecular complexity index is 3590. The van der Waals surface area contributed by atoms with Crippen LogP contribution in [0.1, 0.15) is 268 Å². The fourth-order valence-electron chi connectivity index (χ4n) is 23.1. The number of halogens is 4. The van der Waals surface area contributed by atoms with E-state index in [1.807, 2.05) is 0 Å². The van der Waals surface area contributed by atoms with E-state index in [0.717, 1.165) is 211 Å². The Balaban J connectivity index is 0.000000144. The van der Waals surface area contributed by atoms with Crippen LogP contribution in [0.25, 0.3) is 0 Å². The monoisotopic (exact) mass is 1790 g/mol. The SMILES string of the molecule is CC(C)C(O)C1CCCCC1.CC(C)C(OCC[C@@H]1C[C@@H]1C1CCN(c2ncc(Cl)cn2)CC1)C1CCCCC1.CC(C)C(OCC[C@@H]1C[C@@H]1C1CCN(c2ncc(Cl)cn2)CC1)C1CCNCC1.CCC[C@@H]1C[C@@H]1C1CCN(c2ncc(Cl)cn2)CC1.CCS(=O)(=O)N1CCC(C(OCC[C@@H]2C[C@@H]2C2CCN(c3ncc(Cl)cn3)CC2)C(C)C)CC1. The molecule has 10 heterocycles. The Morgan fingerprint density at radius 3 is 0.910 bits per heavy atom. The lowest BCUT2D eigenvalue weighted by molar-refractivity contribution is -0.0333. The molecule has 6 aliphatic carbocycles. The number of anilines is 4. The van der Waals surface area contributed by atoms with Crippen molar-refractivity contribution in [2.24, 2.45) is 118 Å². The summed E-state index contributed by atoms with van der Waals surface area (Å²) in [6.07, 6.45) is 54.7. The third-order valence-electron chi connectivity index (χ3n) is 30.6. The van der Waals surface area contributed by atoms with Crippen LogP contribution in [0.15, 0.2) is 49.6 Å². The van der Waals surface area contributed by atoms with Gasteiger partial charge in [0.1, 0.15) is 0 Å². The highest BCUT2D eigenvalue weighted by molar-refractivity contribution is 7.89. The molecule has 20 nitrogen and oxygen atoms in total. The third-order valence-corrected chi connectivity index (χ3v) is 33.2. The van der Waals surface area contributed by atoms with Gasteiger partial charge >= 0.3 is 0 Å². The molecule has 0 spiro atoms. The number of nitrogens with zero attached hydrogens (tertiary/aromatic N) is 13. The summed E-state index contributed by atoms with van der Waals surface area (Å²) in [5.41, 5.74) is 0. The molecule has 12 fully saturated rings. The number of piperidine rings is 6. The van der Waals surface area contributed by atoms with E-state index in [0.29, 0.717) is 80.9 Å². The van der Waals surface area contributed by atoms with Crippen molar-refractivity contribution >= 4 is 80.2 Å². The van der Waals surface area contributed by atoms with Crippen molar-refractivity contribution in [3.63, 3.8) is 0 Å². The van der Waals surface area contributed by atoms with Crippen LogP contribution in [0.4, 0.5) is 23.8 Å². The minimum absolute atomic E-state index is 0.0460. The van der Waals surface area contributed by atoms with Crippen molar-refractivity contribution in [2.45, 2.75) is 293 Å². The normalized spacial score (nSPS) is 26.8. The molecule has 12 atom stereocenters. The maximum absolute atomic E-state index is 12.2. The van der Waals surface area contributed by atoms with Gasteiger partial charge in [0, 0.05) is 85.3 Å². The second-order valence-electron chi connectivity index (χ2n) is 40.4. The van der Waals surface area contributed by atoms with Gasteiger partial charge in [-0.15, -0.1) is 0 Å². The Morgan fingerprint density at radius 2 is 0.639 bits per heavy atom. The minimum Gasteiger partial charge on any atom is -0.393 e. The Labute approximate surface area is 756 Å². The molecule has 2 N–H and O–H groups in total. The first-order chi connectivity index (χ1) is 59.0. The first kappa shape index (κ1) is 97.4. The van der Waals surface area contributed by atoms with Gasteiger partial charge in [-0.3, -0.25) is 0 Å². The van der Waals surface area contributed by atoms with Crippen LogP contribution in [-0.4, -0.2) is 186 Å². The first-order valence-electron chi connectivity index (χ1n) is 49.1. The topological polar surface area (TPSA) is 213 Å². The quantitative estimate of drug-likeness (QED) is 0.0465. The summed E-state index contributed by atoms with van der Waals surface area (Å²) in [5, 5.41) is 15.6. The van der Waals surface area contributed by atoms with Gasteiger partial charge in [-0.25, -0.2) is 52.6 Å². The number of rotatable bonds is 32. The second-order valence-corrected chi connectivity index (χ2v) is 44.4. The predicted molar refractivity (Wildman–Crippen MR) is 500 cm³/mol. The van der Waals surface area contributed by atoms with E-state index in [9.17, 15) is 13.5 Å². The molecule has 4 unspecified atom stereocenters. The van der Waals surface area contributed by atoms with E-state index < -0.39 is 10.0 Å². The molecular formula is C97H158Cl4N14O6S. The number of aromatic nitrogens is 8. The lowest BCUT2D eigenvalue weighted by Gasteiger charge is -2.37.